The van der Waals surface area contributed by atoms with Gasteiger partial charge < -0.3 is 4.74 Å². The highest BCUT2D eigenvalue weighted by molar-refractivity contribution is 9.10. The molecule has 0 aliphatic heterocycles. The highest BCUT2D eigenvalue weighted by atomic mass is 79.9. The first kappa shape index (κ1) is 15.3. The summed E-state index contributed by atoms with van der Waals surface area (Å²) in [5.74, 6) is 0. The maximum atomic E-state index is 12.0. The number of hydrogen-bond acceptors (Lipinski definition) is 3. The molecule has 116 valence electrons. The molecule has 0 saturated heterocycles. The molecule has 0 saturated carbocycles. The number of nitrogens with zero attached hydrogens (tertiary/aromatic N) is 2. The summed E-state index contributed by atoms with van der Waals surface area (Å²) in [5, 5.41) is 6.98. The van der Waals surface area contributed by atoms with Crippen LogP contribution in [0.15, 0.2) is 71.5 Å². The number of nitrogens with one attached hydrogen (secondary N) is 1. The molecule has 3 aromatic rings. The number of para-hydroxylation sites is 2. The number of carbonyl (C=O) groups excluding carboxylic acids is 1. The summed E-state index contributed by atoms with van der Waals surface area (Å²) < 4.78 is 7.78. The zero-order valence-electron chi connectivity index (χ0n) is 12.1. The first-order valence-corrected chi connectivity index (χ1v) is 7.79. The van der Waals surface area contributed by atoms with Gasteiger partial charge in [0.05, 0.1) is 22.0 Å². The van der Waals surface area contributed by atoms with E-state index in [0.29, 0.717) is 5.69 Å². The van der Waals surface area contributed by atoms with Crippen LogP contribution in [0.25, 0.3) is 5.69 Å². The lowest BCUT2D eigenvalue weighted by Crippen LogP contribution is -2.15. The maximum absolute atomic E-state index is 12.0. The summed E-state index contributed by atoms with van der Waals surface area (Å²) in [6.07, 6.45) is 2.99. The smallest absolute Gasteiger partial charge is 0.412 e. The summed E-state index contributed by atoms with van der Waals surface area (Å²) in [6.45, 7) is 0.224. The molecule has 0 fully saturated rings. The maximum Gasteiger partial charge on any atom is 0.412 e. The third-order valence-corrected chi connectivity index (χ3v) is 3.56. The van der Waals surface area contributed by atoms with Crippen LogP contribution in [0.3, 0.4) is 0 Å². The van der Waals surface area contributed by atoms with Crippen LogP contribution >= 0.6 is 15.9 Å². The molecule has 0 aliphatic rings. The van der Waals surface area contributed by atoms with Crippen molar-refractivity contribution in [3.8, 4) is 5.69 Å². The van der Waals surface area contributed by atoms with Crippen LogP contribution in [0.4, 0.5) is 10.5 Å². The summed E-state index contributed by atoms with van der Waals surface area (Å²) in [7, 11) is 0. The molecular formula is C17H14BrN3O2. The van der Waals surface area contributed by atoms with Gasteiger partial charge in [0.2, 0.25) is 0 Å². The first-order chi connectivity index (χ1) is 11.2. The molecular weight excluding hydrogens is 358 g/mol. The molecule has 0 aliphatic carbocycles. The van der Waals surface area contributed by atoms with Gasteiger partial charge in [-0.1, -0.05) is 42.5 Å². The Kier molecular flexibility index (Phi) is 4.73. The minimum absolute atomic E-state index is 0.224. The van der Waals surface area contributed by atoms with Crippen molar-refractivity contribution in [1.82, 2.24) is 9.78 Å². The van der Waals surface area contributed by atoms with Crippen LogP contribution in [-0.4, -0.2) is 15.9 Å². The largest absolute Gasteiger partial charge is 0.444 e. The van der Waals surface area contributed by atoms with Gasteiger partial charge in [-0.15, -0.1) is 0 Å². The Morgan fingerprint density at radius 1 is 1.13 bits per heavy atom. The fraction of sp³-hybridized carbons (Fsp3) is 0.0588. The van der Waals surface area contributed by atoms with Crippen molar-refractivity contribution >= 4 is 27.7 Å². The molecule has 1 amide bonds. The molecule has 1 aromatic heterocycles. The van der Waals surface area contributed by atoms with E-state index in [4.69, 9.17) is 4.74 Å². The van der Waals surface area contributed by atoms with Crippen molar-refractivity contribution < 1.29 is 9.53 Å². The number of aromatic nitrogens is 2. The zero-order valence-corrected chi connectivity index (χ0v) is 13.7. The van der Waals surface area contributed by atoms with Crippen LogP contribution in [0.2, 0.25) is 0 Å². The summed E-state index contributed by atoms with van der Waals surface area (Å²) in [6, 6.07) is 16.9. The van der Waals surface area contributed by atoms with E-state index >= 15 is 0 Å². The average Bonchev–Trinajstić information content (AvgIpc) is 3.01. The molecule has 0 bridgehead atoms. The quantitative estimate of drug-likeness (QED) is 0.739. The Morgan fingerprint density at radius 3 is 2.61 bits per heavy atom. The van der Waals surface area contributed by atoms with Gasteiger partial charge in [-0.25, -0.2) is 9.48 Å². The van der Waals surface area contributed by atoms with Crippen molar-refractivity contribution in [3.05, 3.63) is 77.0 Å². The Bertz CT molecular complexity index is 802. The van der Waals surface area contributed by atoms with E-state index in [0.717, 1.165) is 15.7 Å². The molecule has 6 heteroatoms. The minimum Gasteiger partial charge on any atom is -0.444 e. The van der Waals surface area contributed by atoms with Crippen LogP contribution in [0.1, 0.15) is 5.56 Å². The lowest BCUT2D eigenvalue weighted by atomic mass is 10.2. The molecule has 3 rings (SSSR count). The molecule has 0 spiro atoms. The predicted octanol–water partition coefficient (Wildman–Crippen LogP) is 4.38. The molecule has 23 heavy (non-hydrogen) atoms. The number of halogens is 1. The second-order valence-electron chi connectivity index (χ2n) is 4.81. The minimum atomic E-state index is -0.507. The lowest BCUT2D eigenvalue weighted by Gasteiger charge is -2.11. The van der Waals surface area contributed by atoms with E-state index in [1.54, 1.807) is 16.9 Å². The van der Waals surface area contributed by atoms with Crippen LogP contribution in [0, 0.1) is 0 Å². The van der Waals surface area contributed by atoms with Gasteiger partial charge in [0, 0.05) is 6.20 Å². The standard InChI is InChI=1S/C17H14BrN3O2/c18-14-10-19-21(11-14)16-9-5-4-8-15(16)20-17(22)23-12-13-6-2-1-3-7-13/h1-11H,12H2,(H,20,22). The zero-order chi connectivity index (χ0) is 16.1. The Morgan fingerprint density at radius 2 is 1.87 bits per heavy atom. The van der Waals surface area contributed by atoms with Gasteiger partial charge in [0.15, 0.2) is 0 Å². The monoisotopic (exact) mass is 371 g/mol. The van der Waals surface area contributed by atoms with Crippen molar-refractivity contribution in [3.63, 3.8) is 0 Å². The fourth-order valence-corrected chi connectivity index (χ4v) is 2.37. The van der Waals surface area contributed by atoms with Crippen LogP contribution in [-0.2, 0) is 11.3 Å². The molecule has 0 atom stereocenters. The van der Waals surface area contributed by atoms with Gasteiger partial charge in [-0.3, -0.25) is 5.32 Å². The number of amides is 1. The van der Waals surface area contributed by atoms with E-state index in [1.165, 1.54) is 0 Å². The number of carbonyl (C=O) groups is 1. The summed E-state index contributed by atoms with van der Waals surface area (Å²) >= 11 is 3.36. The number of benzene rings is 2. The SMILES string of the molecule is O=C(Nc1ccccc1-n1cc(Br)cn1)OCc1ccccc1. The lowest BCUT2D eigenvalue weighted by molar-refractivity contribution is 0.155. The van der Waals surface area contributed by atoms with E-state index in [1.807, 2.05) is 54.7 Å². The van der Waals surface area contributed by atoms with Crippen LogP contribution in [0.5, 0.6) is 0 Å². The van der Waals surface area contributed by atoms with Gasteiger partial charge in [0.1, 0.15) is 6.61 Å². The van der Waals surface area contributed by atoms with Gasteiger partial charge in [-0.05, 0) is 33.6 Å². The molecule has 1 N–H and O–H groups in total. The Balaban J connectivity index is 1.69. The molecule has 2 aromatic carbocycles. The fourth-order valence-electron chi connectivity index (χ4n) is 2.08. The van der Waals surface area contributed by atoms with E-state index in [9.17, 15) is 4.79 Å². The normalized spacial score (nSPS) is 10.3. The predicted molar refractivity (Wildman–Crippen MR) is 91.5 cm³/mol. The molecule has 0 radical (unpaired) electrons. The molecule has 0 unspecified atom stereocenters. The number of ether oxygens (including phenoxy) is 1. The van der Waals surface area contributed by atoms with Crippen molar-refractivity contribution in [2.24, 2.45) is 0 Å². The van der Waals surface area contributed by atoms with E-state index in [2.05, 4.69) is 26.3 Å². The van der Waals surface area contributed by atoms with Crippen molar-refractivity contribution in [2.75, 3.05) is 5.32 Å². The van der Waals surface area contributed by atoms with Crippen molar-refractivity contribution in [1.29, 1.82) is 0 Å². The van der Waals surface area contributed by atoms with Crippen LogP contribution < -0.4 is 5.32 Å². The first-order valence-electron chi connectivity index (χ1n) is 6.99. The average molecular weight is 372 g/mol. The number of anilines is 1. The Labute approximate surface area is 142 Å². The van der Waals surface area contributed by atoms with Gasteiger partial charge >= 0.3 is 6.09 Å². The molecule has 5 nitrogen and oxygen atoms in total. The topological polar surface area (TPSA) is 56.2 Å². The van der Waals surface area contributed by atoms with E-state index in [-0.39, 0.29) is 6.61 Å². The number of hydrogen-bond donors (Lipinski definition) is 1. The van der Waals surface area contributed by atoms with E-state index < -0.39 is 6.09 Å². The van der Waals surface area contributed by atoms with Gasteiger partial charge in [-0.2, -0.15) is 5.10 Å². The second kappa shape index (κ2) is 7.11. The highest BCUT2D eigenvalue weighted by Gasteiger charge is 2.10. The van der Waals surface area contributed by atoms with Gasteiger partial charge in [0.25, 0.3) is 0 Å². The third kappa shape index (κ3) is 3.98. The number of rotatable bonds is 4. The van der Waals surface area contributed by atoms with Crippen molar-refractivity contribution in [2.45, 2.75) is 6.61 Å². The Hall–Kier alpha value is -2.60. The highest BCUT2D eigenvalue weighted by Crippen LogP contribution is 2.21. The summed E-state index contributed by atoms with van der Waals surface area (Å²) in [4.78, 5) is 12.0. The summed E-state index contributed by atoms with van der Waals surface area (Å²) in [5.41, 5.74) is 2.32. The third-order valence-electron chi connectivity index (χ3n) is 3.15. The second-order valence-corrected chi connectivity index (χ2v) is 5.72. The molecule has 1 heterocycles.